The Labute approximate surface area is 124 Å². The highest BCUT2D eigenvalue weighted by Gasteiger charge is 2.28. The molecule has 22 heavy (non-hydrogen) atoms. The lowest BCUT2D eigenvalue weighted by molar-refractivity contribution is -0.125. The molecule has 0 aliphatic heterocycles. The highest BCUT2D eigenvalue weighted by Crippen LogP contribution is 2.11. The van der Waals surface area contributed by atoms with Crippen molar-refractivity contribution in [3.63, 3.8) is 0 Å². The summed E-state index contributed by atoms with van der Waals surface area (Å²) in [6.07, 6.45) is -4.55. The molecular formula is C13H15F4N3O2. The number of hydrogen-bond donors (Lipinski definition) is 2. The lowest BCUT2D eigenvalue weighted by atomic mass is 10.2. The molecule has 0 aliphatic rings. The van der Waals surface area contributed by atoms with Crippen LogP contribution in [0.3, 0.4) is 0 Å². The van der Waals surface area contributed by atoms with Crippen LogP contribution >= 0.6 is 0 Å². The molecule has 0 atom stereocenters. The first-order valence-electron chi connectivity index (χ1n) is 6.23. The number of rotatable bonds is 5. The van der Waals surface area contributed by atoms with Crippen LogP contribution in [-0.4, -0.2) is 43.2 Å². The third-order valence-electron chi connectivity index (χ3n) is 2.46. The second-order valence-electron chi connectivity index (χ2n) is 4.65. The van der Waals surface area contributed by atoms with Crippen LogP contribution in [0.5, 0.6) is 0 Å². The SMILES string of the molecule is CN(CC(=O)NC(=O)NCC(F)(F)F)Cc1cccc(F)c1. The van der Waals surface area contributed by atoms with Crippen molar-refractivity contribution in [2.45, 2.75) is 12.7 Å². The molecule has 0 fully saturated rings. The van der Waals surface area contributed by atoms with E-state index in [1.807, 2.05) is 0 Å². The molecule has 0 aromatic heterocycles. The molecule has 0 unspecified atom stereocenters. The zero-order chi connectivity index (χ0) is 16.8. The first kappa shape index (κ1) is 17.9. The Hall–Kier alpha value is -2.16. The summed E-state index contributed by atoms with van der Waals surface area (Å²) in [6.45, 7) is -1.50. The van der Waals surface area contributed by atoms with Gasteiger partial charge in [-0.2, -0.15) is 13.2 Å². The van der Waals surface area contributed by atoms with Gasteiger partial charge in [-0.1, -0.05) is 12.1 Å². The quantitative estimate of drug-likeness (QED) is 0.811. The predicted octanol–water partition coefficient (Wildman–Crippen LogP) is 1.65. The van der Waals surface area contributed by atoms with E-state index in [0.29, 0.717) is 5.56 Å². The number of nitrogens with zero attached hydrogens (tertiary/aromatic N) is 1. The number of urea groups is 1. The van der Waals surface area contributed by atoms with E-state index in [1.54, 1.807) is 18.4 Å². The van der Waals surface area contributed by atoms with Gasteiger partial charge in [0, 0.05) is 6.54 Å². The second kappa shape index (κ2) is 7.74. The van der Waals surface area contributed by atoms with Crippen molar-refractivity contribution in [1.82, 2.24) is 15.5 Å². The van der Waals surface area contributed by atoms with Gasteiger partial charge in [-0.25, -0.2) is 9.18 Å². The number of hydrogen-bond acceptors (Lipinski definition) is 3. The summed E-state index contributed by atoms with van der Waals surface area (Å²) < 4.78 is 48.6. The molecule has 0 bridgehead atoms. The molecule has 0 aliphatic carbocycles. The Balaban J connectivity index is 2.36. The van der Waals surface area contributed by atoms with Crippen LogP contribution in [0.4, 0.5) is 22.4 Å². The third kappa shape index (κ3) is 7.58. The first-order chi connectivity index (χ1) is 10.2. The lowest BCUT2D eigenvalue weighted by Crippen LogP contribution is -2.46. The van der Waals surface area contributed by atoms with Gasteiger partial charge in [-0.05, 0) is 24.7 Å². The zero-order valence-electron chi connectivity index (χ0n) is 11.7. The standard InChI is InChI=1S/C13H15F4N3O2/c1-20(6-9-3-2-4-10(14)5-9)7-11(21)19-12(22)18-8-13(15,16)17/h2-5H,6-8H2,1H3,(H2,18,19,21,22). The average Bonchev–Trinajstić information content (AvgIpc) is 2.35. The fourth-order valence-corrected chi connectivity index (χ4v) is 1.64. The number of carbonyl (C=O) groups excluding carboxylic acids is 2. The van der Waals surface area contributed by atoms with Gasteiger partial charge in [0.15, 0.2) is 0 Å². The molecule has 3 amide bonds. The number of nitrogens with one attached hydrogen (secondary N) is 2. The van der Waals surface area contributed by atoms with Crippen molar-refractivity contribution >= 4 is 11.9 Å². The van der Waals surface area contributed by atoms with E-state index in [0.717, 1.165) is 0 Å². The number of alkyl halides is 3. The number of likely N-dealkylation sites (N-methyl/N-ethyl adjacent to an activating group) is 1. The second-order valence-corrected chi connectivity index (χ2v) is 4.65. The molecule has 0 heterocycles. The fraction of sp³-hybridized carbons (Fsp3) is 0.385. The van der Waals surface area contributed by atoms with Gasteiger partial charge in [0.25, 0.3) is 0 Å². The summed E-state index contributed by atoms with van der Waals surface area (Å²) in [7, 11) is 1.55. The van der Waals surface area contributed by atoms with E-state index in [1.165, 1.54) is 28.4 Å². The molecule has 0 saturated carbocycles. The van der Waals surface area contributed by atoms with Gasteiger partial charge in [-0.3, -0.25) is 15.0 Å². The minimum absolute atomic E-state index is 0.226. The van der Waals surface area contributed by atoms with Gasteiger partial charge in [0.1, 0.15) is 12.4 Å². The fourth-order valence-electron chi connectivity index (χ4n) is 1.64. The van der Waals surface area contributed by atoms with Crippen LogP contribution in [0, 0.1) is 5.82 Å². The van der Waals surface area contributed by atoms with Crippen molar-refractivity contribution in [1.29, 1.82) is 0 Å². The Kier molecular flexibility index (Phi) is 6.29. The maximum Gasteiger partial charge on any atom is 0.405 e. The summed E-state index contributed by atoms with van der Waals surface area (Å²) in [6, 6.07) is 4.53. The number of halogens is 4. The highest BCUT2D eigenvalue weighted by atomic mass is 19.4. The van der Waals surface area contributed by atoms with Gasteiger partial charge < -0.3 is 5.32 Å². The van der Waals surface area contributed by atoms with Crippen molar-refractivity contribution in [3.05, 3.63) is 35.6 Å². The van der Waals surface area contributed by atoms with Gasteiger partial charge >= 0.3 is 12.2 Å². The maximum atomic E-state index is 13.0. The van der Waals surface area contributed by atoms with Crippen LogP contribution in [0.25, 0.3) is 0 Å². The molecule has 0 radical (unpaired) electrons. The highest BCUT2D eigenvalue weighted by molar-refractivity contribution is 5.95. The minimum Gasteiger partial charge on any atom is -0.329 e. The molecule has 122 valence electrons. The van der Waals surface area contributed by atoms with E-state index in [2.05, 4.69) is 0 Å². The largest absolute Gasteiger partial charge is 0.405 e. The summed E-state index contributed by atoms with van der Waals surface area (Å²) in [5.74, 6) is -1.18. The molecule has 0 saturated heterocycles. The molecule has 2 N–H and O–H groups in total. The van der Waals surface area contributed by atoms with E-state index >= 15 is 0 Å². The monoisotopic (exact) mass is 321 g/mol. The number of imide groups is 1. The van der Waals surface area contributed by atoms with E-state index in [-0.39, 0.29) is 13.1 Å². The molecule has 0 spiro atoms. The summed E-state index contributed by atoms with van der Waals surface area (Å²) >= 11 is 0. The molecule has 9 heteroatoms. The summed E-state index contributed by atoms with van der Waals surface area (Å²) in [5.41, 5.74) is 0.622. The number of carbonyl (C=O) groups is 2. The number of benzene rings is 1. The topological polar surface area (TPSA) is 61.4 Å². The van der Waals surface area contributed by atoms with Gasteiger partial charge in [0.2, 0.25) is 5.91 Å². The number of amides is 3. The summed E-state index contributed by atoms with van der Waals surface area (Å²) in [5, 5.41) is 3.30. The Bertz CT molecular complexity index is 534. The van der Waals surface area contributed by atoms with Crippen molar-refractivity contribution in [3.8, 4) is 0 Å². The Morgan fingerprint density at radius 3 is 2.55 bits per heavy atom. The average molecular weight is 321 g/mol. The van der Waals surface area contributed by atoms with E-state index < -0.39 is 30.5 Å². The molecule has 1 rings (SSSR count). The predicted molar refractivity (Wildman–Crippen MR) is 70.3 cm³/mol. The van der Waals surface area contributed by atoms with E-state index in [4.69, 9.17) is 0 Å². The molecular weight excluding hydrogens is 306 g/mol. The van der Waals surface area contributed by atoms with E-state index in [9.17, 15) is 27.2 Å². The minimum atomic E-state index is -4.55. The van der Waals surface area contributed by atoms with Crippen molar-refractivity contribution in [2.75, 3.05) is 20.1 Å². The normalized spacial score (nSPS) is 11.4. The van der Waals surface area contributed by atoms with Crippen LogP contribution in [0.2, 0.25) is 0 Å². The maximum absolute atomic E-state index is 13.0. The zero-order valence-corrected chi connectivity index (χ0v) is 11.7. The first-order valence-corrected chi connectivity index (χ1v) is 6.23. The molecule has 5 nitrogen and oxygen atoms in total. The van der Waals surface area contributed by atoms with Gasteiger partial charge in [0.05, 0.1) is 6.54 Å². The van der Waals surface area contributed by atoms with Crippen molar-refractivity contribution < 1.29 is 27.2 Å². The smallest absolute Gasteiger partial charge is 0.329 e. The Morgan fingerprint density at radius 2 is 1.95 bits per heavy atom. The van der Waals surface area contributed by atoms with Crippen LogP contribution in [0.15, 0.2) is 24.3 Å². The van der Waals surface area contributed by atoms with Crippen molar-refractivity contribution in [2.24, 2.45) is 0 Å². The molecule has 1 aromatic rings. The van der Waals surface area contributed by atoms with Crippen LogP contribution in [-0.2, 0) is 11.3 Å². The van der Waals surface area contributed by atoms with Crippen LogP contribution < -0.4 is 10.6 Å². The van der Waals surface area contributed by atoms with Crippen LogP contribution in [0.1, 0.15) is 5.56 Å². The third-order valence-corrected chi connectivity index (χ3v) is 2.46. The van der Waals surface area contributed by atoms with Gasteiger partial charge in [-0.15, -0.1) is 0 Å². The molecule has 1 aromatic carbocycles. The lowest BCUT2D eigenvalue weighted by Gasteiger charge is -2.16. The summed E-state index contributed by atoms with van der Waals surface area (Å²) in [4.78, 5) is 24.0. The Morgan fingerprint density at radius 1 is 1.27 bits per heavy atom.